The molecular formula is C49H48O3. The van der Waals surface area contributed by atoms with Crippen LogP contribution in [-0.4, -0.2) is 19.2 Å². The van der Waals surface area contributed by atoms with Gasteiger partial charge in [-0.05, 0) is 95.7 Å². The second-order valence-electron chi connectivity index (χ2n) is 16.1. The summed E-state index contributed by atoms with van der Waals surface area (Å²) in [5.41, 5.74) is 3.62. The zero-order chi connectivity index (χ0) is 36.5. The summed E-state index contributed by atoms with van der Waals surface area (Å²) in [6.07, 6.45) is 0. The van der Waals surface area contributed by atoms with Gasteiger partial charge < -0.3 is 9.47 Å². The molecule has 7 aromatic rings. The van der Waals surface area contributed by atoms with Crippen molar-refractivity contribution in [1.29, 1.82) is 0 Å². The Morgan fingerprint density at radius 3 is 1.21 bits per heavy atom. The fourth-order valence-electron chi connectivity index (χ4n) is 8.46. The number of carbonyl (C=O) groups is 1. The van der Waals surface area contributed by atoms with E-state index >= 15 is 0 Å². The number of hydrogen-bond acceptors (Lipinski definition) is 3. The van der Waals surface area contributed by atoms with Crippen molar-refractivity contribution in [1.82, 2.24) is 0 Å². The molecule has 0 radical (unpaired) electrons. The fourth-order valence-corrected chi connectivity index (χ4v) is 8.46. The van der Waals surface area contributed by atoms with E-state index in [9.17, 15) is 4.79 Å². The predicted molar refractivity (Wildman–Crippen MR) is 216 cm³/mol. The first kappa shape index (κ1) is 35.0. The summed E-state index contributed by atoms with van der Waals surface area (Å²) in [6, 6.07) is 54.8. The van der Waals surface area contributed by atoms with Gasteiger partial charge in [0.25, 0.3) is 0 Å². The summed E-state index contributed by atoms with van der Waals surface area (Å²) in [6.45, 7) is 13.0. The predicted octanol–water partition coefficient (Wildman–Crippen LogP) is 12.2. The molecule has 0 fully saturated rings. The molecule has 3 nitrogen and oxygen atoms in total. The molecule has 0 heterocycles. The molecule has 7 rings (SSSR count). The van der Waals surface area contributed by atoms with Crippen LogP contribution >= 0.6 is 0 Å². The average molecular weight is 685 g/mol. The fraction of sp³-hybridized carbons (Fsp3) is 0.245. The third-order valence-electron chi connectivity index (χ3n) is 10.4. The molecule has 0 unspecified atom stereocenters. The third-order valence-corrected chi connectivity index (χ3v) is 10.4. The van der Waals surface area contributed by atoms with Crippen LogP contribution in [0.2, 0.25) is 0 Å². The van der Waals surface area contributed by atoms with Gasteiger partial charge in [0.05, 0.1) is 11.3 Å². The minimum absolute atomic E-state index is 0.176. The molecule has 0 aliphatic carbocycles. The van der Waals surface area contributed by atoms with Crippen molar-refractivity contribution in [2.24, 2.45) is 16.7 Å². The van der Waals surface area contributed by atoms with Gasteiger partial charge in [-0.2, -0.15) is 0 Å². The highest BCUT2D eigenvalue weighted by atomic mass is 16.6. The number of ether oxygens (including phenoxy) is 2. The molecule has 3 heteroatoms. The highest BCUT2D eigenvalue weighted by molar-refractivity contribution is 5.88. The Kier molecular flexibility index (Phi) is 9.40. The van der Waals surface area contributed by atoms with E-state index in [1.807, 2.05) is 12.1 Å². The van der Waals surface area contributed by atoms with E-state index in [4.69, 9.17) is 9.47 Å². The lowest BCUT2D eigenvalue weighted by Gasteiger charge is -2.38. The Morgan fingerprint density at radius 1 is 0.462 bits per heavy atom. The molecule has 0 aliphatic heterocycles. The van der Waals surface area contributed by atoms with Gasteiger partial charge in [-0.1, -0.05) is 163 Å². The summed E-state index contributed by atoms with van der Waals surface area (Å²) in [5, 5.41) is 7.20. The van der Waals surface area contributed by atoms with E-state index in [0.29, 0.717) is 0 Å². The van der Waals surface area contributed by atoms with E-state index in [0.717, 1.165) is 11.3 Å². The SMILES string of the molecule is CC(C)(C)C(C(=O)OCCOc1ccc(C(c2ccc3ccccc3c2)(c2ccc3ccccc3c2)c2ccc3ccccc3c2)cc1)C(C)(C)C. The van der Waals surface area contributed by atoms with Gasteiger partial charge in [-0.15, -0.1) is 0 Å². The maximum atomic E-state index is 13.2. The van der Waals surface area contributed by atoms with Gasteiger partial charge in [0.1, 0.15) is 19.0 Å². The Bertz CT molecular complexity index is 2150. The van der Waals surface area contributed by atoms with E-state index < -0.39 is 5.41 Å². The molecule has 0 bridgehead atoms. The number of hydrogen-bond donors (Lipinski definition) is 0. The number of benzene rings is 7. The standard InChI is InChI=1S/C49H48O3/c1-47(2,3)45(48(4,5)6)46(50)52-30-29-51-44-27-25-40(26-28-44)49(41-22-19-34-13-7-10-16-37(34)31-41,42-23-20-35-14-8-11-17-38(35)32-42)43-24-21-36-15-9-12-18-39(36)33-43/h7-28,31-33,45H,29-30H2,1-6H3. The van der Waals surface area contributed by atoms with Gasteiger partial charge >= 0.3 is 5.97 Å². The van der Waals surface area contributed by atoms with Crippen LogP contribution in [0.25, 0.3) is 32.3 Å². The minimum Gasteiger partial charge on any atom is -0.490 e. The van der Waals surface area contributed by atoms with E-state index in [1.54, 1.807) is 0 Å². The van der Waals surface area contributed by atoms with Gasteiger partial charge in [0.2, 0.25) is 0 Å². The Morgan fingerprint density at radius 2 is 0.827 bits per heavy atom. The van der Waals surface area contributed by atoms with Crippen molar-refractivity contribution in [3.8, 4) is 5.75 Å². The third kappa shape index (κ3) is 6.80. The Hall–Kier alpha value is -5.41. The minimum atomic E-state index is -0.652. The lowest BCUT2D eigenvalue weighted by atomic mass is 9.64. The lowest BCUT2D eigenvalue weighted by molar-refractivity contribution is -0.158. The second-order valence-corrected chi connectivity index (χ2v) is 16.1. The van der Waals surface area contributed by atoms with Crippen LogP contribution in [0.5, 0.6) is 5.75 Å². The van der Waals surface area contributed by atoms with Crippen molar-refractivity contribution >= 4 is 38.3 Å². The summed E-state index contributed by atoms with van der Waals surface area (Å²) >= 11 is 0. The van der Waals surface area contributed by atoms with Gasteiger partial charge in [0, 0.05) is 0 Å². The monoisotopic (exact) mass is 684 g/mol. The van der Waals surface area contributed by atoms with Crippen LogP contribution in [-0.2, 0) is 14.9 Å². The number of carbonyl (C=O) groups excluding carboxylic acids is 1. The molecule has 262 valence electrons. The van der Waals surface area contributed by atoms with Crippen molar-refractivity contribution < 1.29 is 14.3 Å². The van der Waals surface area contributed by atoms with Gasteiger partial charge in [-0.25, -0.2) is 0 Å². The van der Waals surface area contributed by atoms with Crippen molar-refractivity contribution in [3.05, 3.63) is 174 Å². The number of esters is 1. The largest absolute Gasteiger partial charge is 0.490 e. The molecule has 0 saturated carbocycles. The molecule has 0 spiro atoms. The van der Waals surface area contributed by atoms with Crippen LogP contribution < -0.4 is 4.74 Å². The van der Waals surface area contributed by atoms with E-state index in [1.165, 1.54) is 49.0 Å². The zero-order valence-corrected chi connectivity index (χ0v) is 31.2. The zero-order valence-electron chi connectivity index (χ0n) is 31.2. The van der Waals surface area contributed by atoms with Crippen molar-refractivity contribution in [3.63, 3.8) is 0 Å². The maximum absolute atomic E-state index is 13.2. The van der Waals surface area contributed by atoms with Crippen LogP contribution in [0.15, 0.2) is 152 Å². The normalized spacial score (nSPS) is 12.4. The molecular weight excluding hydrogens is 637 g/mol. The van der Waals surface area contributed by atoms with E-state index in [2.05, 4.69) is 181 Å². The summed E-state index contributed by atoms with van der Waals surface area (Å²) < 4.78 is 12.0. The molecule has 7 aromatic carbocycles. The van der Waals surface area contributed by atoms with Crippen LogP contribution in [0.3, 0.4) is 0 Å². The Labute approximate surface area is 308 Å². The highest BCUT2D eigenvalue weighted by Gasteiger charge is 2.42. The van der Waals surface area contributed by atoms with Gasteiger partial charge in [-0.3, -0.25) is 4.79 Å². The first-order valence-corrected chi connectivity index (χ1v) is 18.3. The van der Waals surface area contributed by atoms with Crippen LogP contribution in [0.4, 0.5) is 0 Å². The molecule has 52 heavy (non-hydrogen) atoms. The van der Waals surface area contributed by atoms with Crippen LogP contribution in [0, 0.1) is 16.7 Å². The second kappa shape index (κ2) is 14.0. The first-order valence-electron chi connectivity index (χ1n) is 18.3. The molecule has 0 atom stereocenters. The summed E-state index contributed by atoms with van der Waals surface area (Å²) in [4.78, 5) is 13.2. The first-order chi connectivity index (χ1) is 24.9. The molecule has 0 saturated heterocycles. The van der Waals surface area contributed by atoms with Crippen molar-refractivity contribution in [2.75, 3.05) is 13.2 Å². The van der Waals surface area contributed by atoms with Crippen molar-refractivity contribution in [2.45, 2.75) is 47.0 Å². The number of rotatable bonds is 9. The smallest absolute Gasteiger partial charge is 0.310 e. The molecule has 0 aliphatic rings. The Balaban J connectivity index is 1.31. The topological polar surface area (TPSA) is 35.5 Å². The summed E-state index contributed by atoms with van der Waals surface area (Å²) in [7, 11) is 0. The van der Waals surface area contributed by atoms with Crippen LogP contribution in [0.1, 0.15) is 63.8 Å². The molecule has 0 aromatic heterocycles. The quantitative estimate of drug-likeness (QED) is 0.0862. The number of fused-ring (bicyclic) bond motifs is 3. The average Bonchev–Trinajstić information content (AvgIpc) is 3.13. The maximum Gasteiger partial charge on any atom is 0.310 e. The molecule has 0 N–H and O–H groups in total. The van der Waals surface area contributed by atoms with Gasteiger partial charge in [0.15, 0.2) is 0 Å². The molecule has 0 amide bonds. The summed E-state index contributed by atoms with van der Waals surface area (Å²) in [5.74, 6) is 0.324. The lowest BCUT2D eigenvalue weighted by Crippen LogP contribution is -2.40. The highest BCUT2D eigenvalue weighted by Crippen LogP contribution is 2.48. The van der Waals surface area contributed by atoms with E-state index in [-0.39, 0.29) is 35.9 Å².